The van der Waals surface area contributed by atoms with Crippen molar-refractivity contribution < 1.29 is 8.42 Å². The summed E-state index contributed by atoms with van der Waals surface area (Å²) in [7, 11) is -2.83. The smallest absolute Gasteiger partial charge is 0.150 e. The zero-order valence-electron chi connectivity index (χ0n) is 10.0. The van der Waals surface area contributed by atoms with Crippen LogP contribution in [0.4, 0.5) is 0 Å². The van der Waals surface area contributed by atoms with Crippen molar-refractivity contribution >= 4 is 9.84 Å². The molecule has 0 bridgehead atoms. The maximum absolute atomic E-state index is 11.3. The third kappa shape index (κ3) is 3.96. The zero-order valence-corrected chi connectivity index (χ0v) is 10.8. The SMILES string of the molecule is CCCc1nccn1CCCS(=O)(=O)CC. The van der Waals surface area contributed by atoms with Crippen LogP contribution in [-0.2, 0) is 22.8 Å². The standard InChI is InChI=1S/C11H20N2O2S/c1-3-6-11-12-7-9-13(11)8-5-10-16(14,15)4-2/h7,9H,3-6,8,10H2,1-2H3. The average molecular weight is 244 g/mol. The van der Waals surface area contributed by atoms with Crippen LogP contribution in [0, 0.1) is 0 Å². The summed E-state index contributed by atoms with van der Waals surface area (Å²) in [5.74, 6) is 1.56. The fraction of sp³-hybridized carbons (Fsp3) is 0.727. The molecular weight excluding hydrogens is 224 g/mol. The van der Waals surface area contributed by atoms with Crippen LogP contribution in [0.2, 0.25) is 0 Å². The molecule has 0 fully saturated rings. The molecule has 4 nitrogen and oxygen atoms in total. The van der Waals surface area contributed by atoms with E-state index >= 15 is 0 Å². The van der Waals surface area contributed by atoms with Crippen molar-refractivity contribution in [2.45, 2.75) is 39.7 Å². The van der Waals surface area contributed by atoms with Crippen LogP contribution in [0.15, 0.2) is 12.4 Å². The van der Waals surface area contributed by atoms with Crippen LogP contribution in [0.1, 0.15) is 32.5 Å². The summed E-state index contributed by atoms with van der Waals surface area (Å²) in [5, 5.41) is 0. The van der Waals surface area contributed by atoms with Crippen LogP contribution in [0.5, 0.6) is 0 Å². The van der Waals surface area contributed by atoms with E-state index in [1.807, 2.05) is 6.20 Å². The Kier molecular flexibility index (Phi) is 4.99. The van der Waals surface area contributed by atoms with Crippen molar-refractivity contribution in [1.29, 1.82) is 0 Å². The summed E-state index contributed by atoms with van der Waals surface area (Å²) in [4.78, 5) is 4.25. The first-order valence-corrected chi connectivity index (χ1v) is 7.61. The van der Waals surface area contributed by atoms with Crippen LogP contribution >= 0.6 is 0 Å². The fourth-order valence-electron chi connectivity index (χ4n) is 1.59. The van der Waals surface area contributed by atoms with Gasteiger partial charge in [-0.15, -0.1) is 0 Å². The van der Waals surface area contributed by atoms with E-state index in [9.17, 15) is 8.42 Å². The fourth-order valence-corrected chi connectivity index (χ4v) is 2.45. The van der Waals surface area contributed by atoms with Crippen LogP contribution in [0.3, 0.4) is 0 Å². The molecule has 0 saturated carbocycles. The lowest BCUT2D eigenvalue weighted by Crippen LogP contribution is -2.12. The van der Waals surface area contributed by atoms with Crippen LogP contribution < -0.4 is 0 Å². The molecule has 1 heterocycles. The molecule has 1 aromatic rings. The summed E-state index contributed by atoms with van der Waals surface area (Å²) < 4.78 is 24.7. The Balaban J connectivity index is 2.46. The highest BCUT2D eigenvalue weighted by atomic mass is 32.2. The van der Waals surface area contributed by atoms with Gasteiger partial charge in [0.05, 0.1) is 5.75 Å². The predicted molar refractivity (Wildman–Crippen MR) is 65.2 cm³/mol. The molecule has 92 valence electrons. The van der Waals surface area contributed by atoms with Gasteiger partial charge in [-0.25, -0.2) is 13.4 Å². The van der Waals surface area contributed by atoms with E-state index in [4.69, 9.17) is 0 Å². The van der Waals surface area contributed by atoms with Crippen molar-refractivity contribution in [3.63, 3.8) is 0 Å². The highest BCUT2D eigenvalue weighted by molar-refractivity contribution is 7.91. The molecular formula is C11H20N2O2S. The van der Waals surface area contributed by atoms with Gasteiger partial charge in [0.15, 0.2) is 0 Å². The van der Waals surface area contributed by atoms with Crippen molar-refractivity contribution in [3.05, 3.63) is 18.2 Å². The minimum Gasteiger partial charge on any atom is -0.335 e. The monoisotopic (exact) mass is 244 g/mol. The lowest BCUT2D eigenvalue weighted by atomic mass is 10.3. The molecule has 0 spiro atoms. The summed E-state index contributed by atoms with van der Waals surface area (Å²) in [6.45, 7) is 4.55. The maximum Gasteiger partial charge on any atom is 0.150 e. The molecule has 0 aliphatic carbocycles. The molecule has 0 atom stereocenters. The van der Waals surface area contributed by atoms with Crippen molar-refractivity contribution in [2.75, 3.05) is 11.5 Å². The molecule has 0 aliphatic rings. The number of rotatable bonds is 7. The van der Waals surface area contributed by atoms with Gasteiger partial charge in [0.1, 0.15) is 15.7 Å². The molecule has 5 heteroatoms. The lowest BCUT2D eigenvalue weighted by Gasteiger charge is -2.06. The van der Waals surface area contributed by atoms with E-state index < -0.39 is 9.84 Å². The third-order valence-electron chi connectivity index (χ3n) is 2.57. The zero-order chi connectivity index (χ0) is 12.0. The van der Waals surface area contributed by atoms with Gasteiger partial charge in [0, 0.05) is 31.1 Å². The van der Waals surface area contributed by atoms with Crippen molar-refractivity contribution in [3.8, 4) is 0 Å². The Bertz CT molecular complexity index is 409. The molecule has 16 heavy (non-hydrogen) atoms. The minimum absolute atomic E-state index is 0.235. The van der Waals surface area contributed by atoms with Crippen molar-refractivity contribution in [2.24, 2.45) is 0 Å². The minimum atomic E-state index is -2.83. The van der Waals surface area contributed by atoms with Gasteiger partial charge in [0.2, 0.25) is 0 Å². The molecule has 0 aliphatic heterocycles. The number of aromatic nitrogens is 2. The van der Waals surface area contributed by atoms with E-state index in [1.54, 1.807) is 13.1 Å². The quantitative estimate of drug-likeness (QED) is 0.733. The Hall–Kier alpha value is -0.840. The second-order valence-electron chi connectivity index (χ2n) is 3.88. The Morgan fingerprint density at radius 1 is 1.38 bits per heavy atom. The summed E-state index contributed by atoms with van der Waals surface area (Å²) in [6.07, 6.45) is 6.38. The average Bonchev–Trinajstić information content (AvgIpc) is 2.66. The van der Waals surface area contributed by atoms with E-state index in [-0.39, 0.29) is 11.5 Å². The van der Waals surface area contributed by atoms with Gasteiger partial charge in [-0.1, -0.05) is 13.8 Å². The highest BCUT2D eigenvalue weighted by Gasteiger charge is 2.07. The molecule has 0 saturated heterocycles. The van der Waals surface area contributed by atoms with Crippen LogP contribution in [-0.4, -0.2) is 29.5 Å². The molecule has 1 aromatic heterocycles. The predicted octanol–water partition coefficient (Wildman–Crippen LogP) is 1.66. The van der Waals surface area contributed by atoms with Gasteiger partial charge < -0.3 is 4.57 Å². The molecule has 0 N–H and O–H groups in total. The number of hydrogen-bond donors (Lipinski definition) is 0. The number of nitrogens with zero attached hydrogens (tertiary/aromatic N) is 2. The number of aryl methyl sites for hydroxylation is 2. The number of hydrogen-bond acceptors (Lipinski definition) is 3. The lowest BCUT2D eigenvalue weighted by molar-refractivity contribution is 0.582. The number of sulfone groups is 1. The van der Waals surface area contributed by atoms with E-state index in [0.717, 1.165) is 25.2 Å². The van der Waals surface area contributed by atoms with Gasteiger partial charge in [-0.3, -0.25) is 0 Å². The topological polar surface area (TPSA) is 52.0 Å². The first-order valence-electron chi connectivity index (χ1n) is 5.79. The van der Waals surface area contributed by atoms with E-state index in [2.05, 4.69) is 16.5 Å². The van der Waals surface area contributed by atoms with E-state index in [1.165, 1.54) is 0 Å². The Morgan fingerprint density at radius 3 is 2.75 bits per heavy atom. The van der Waals surface area contributed by atoms with Gasteiger partial charge in [-0.05, 0) is 12.8 Å². The van der Waals surface area contributed by atoms with E-state index in [0.29, 0.717) is 6.42 Å². The summed E-state index contributed by atoms with van der Waals surface area (Å²) in [5.41, 5.74) is 0. The normalized spacial score (nSPS) is 11.9. The molecule has 0 aromatic carbocycles. The largest absolute Gasteiger partial charge is 0.335 e. The second-order valence-corrected chi connectivity index (χ2v) is 6.35. The molecule has 0 amide bonds. The van der Waals surface area contributed by atoms with Crippen molar-refractivity contribution in [1.82, 2.24) is 9.55 Å². The summed E-state index contributed by atoms with van der Waals surface area (Å²) in [6, 6.07) is 0. The maximum atomic E-state index is 11.3. The Morgan fingerprint density at radius 2 is 2.12 bits per heavy atom. The Labute approximate surface area is 97.6 Å². The second kappa shape index (κ2) is 6.03. The molecule has 0 unspecified atom stereocenters. The first kappa shape index (κ1) is 13.2. The van der Waals surface area contributed by atoms with Gasteiger partial charge >= 0.3 is 0 Å². The number of imidazole rings is 1. The van der Waals surface area contributed by atoms with Gasteiger partial charge in [0.25, 0.3) is 0 Å². The summed E-state index contributed by atoms with van der Waals surface area (Å²) >= 11 is 0. The van der Waals surface area contributed by atoms with Gasteiger partial charge in [-0.2, -0.15) is 0 Å². The first-order chi connectivity index (χ1) is 7.59. The van der Waals surface area contributed by atoms with Crippen LogP contribution in [0.25, 0.3) is 0 Å². The third-order valence-corrected chi connectivity index (χ3v) is 4.36. The molecule has 1 rings (SSSR count). The highest BCUT2D eigenvalue weighted by Crippen LogP contribution is 2.04. The molecule has 0 radical (unpaired) electrons.